The van der Waals surface area contributed by atoms with Crippen LogP contribution in [0.4, 0.5) is 0 Å². The first-order valence-corrected chi connectivity index (χ1v) is 7.89. The van der Waals surface area contributed by atoms with E-state index in [4.69, 9.17) is 0 Å². The van der Waals surface area contributed by atoms with E-state index in [9.17, 15) is 4.79 Å². The van der Waals surface area contributed by atoms with E-state index in [-0.39, 0.29) is 0 Å². The molecule has 0 aliphatic heterocycles. The molecule has 0 aromatic carbocycles. The summed E-state index contributed by atoms with van der Waals surface area (Å²) in [5.41, 5.74) is 0. The molecule has 0 saturated heterocycles. The first-order chi connectivity index (χ1) is 7.29. The van der Waals surface area contributed by atoms with Gasteiger partial charge in [-0.25, -0.2) is 0 Å². The van der Waals surface area contributed by atoms with Crippen LogP contribution >= 0.6 is 0 Å². The van der Waals surface area contributed by atoms with Crippen molar-refractivity contribution in [3.05, 3.63) is 12.2 Å². The van der Waals surface area contributed by atoms with Crippen molar-refractivity contribution in [1.29, 1.82) is 0 Å². The molecule has 15 heavy (non-hydrogen) atoms. The van der Waals surface area contributed by atoms with Gasteiger partial charge < -0.3 is 0 Å². The molecule has 2 aliphatic carbocycles. The summed E-state index contributed by atoms with van der Waals surface area (Å²) >= 11 is 0. The van der Waals surface area contributed by atoms with Gasteiger partial charge in [-0.2, -0.15) is 0 Å². The summed E-state index contributed by atoms with van der Waals surface area (Å²) < 4.78 is 0. The molecular formula is C13H21OS+. The van der Waals surface area contributed by atoms with Crippen LogP contribution in [0.1, 0.15) is 44.9 Å². The average Bonchev–Trinajstić information content (AvgIpc) is 2.30. The number of hydrogen-bond donors (Lipinski definition) is 0. The maximum atomic E-state index is 11.8. The smallest absolute Gasteiger partial charge is 0.207 e. The van der Waals surface area contributed by atoms with E-state index < -0.39 is 0 Å². The number of carbonyl (C=O) groups is 1. The van der Waals surface area contributed by atoms with Gasteiger partial charge in [0.2, 0.25) is 5.78 Å². The van der Waals surface area contributed by atoms with E-state index in [1.165, 1.54) is 32.1 Å². The highest BCUT2D eigenvalue weighted by atomic mass is 32.2. The predicted molar refractivity (Wildman–Crippen MR) is 67.3 cm³/mol. The topological polar surface area (TPSA) is 17.1 Å². The van der Waals surface area contributed by atoms with Crippen LogP contribution in [0.2, 0.25) is 0 Å². The zero-order valence-corrected chi connectivity index (χ0v) is 10.4. The molecular weight excluding hydrogens is 204 g/mol. The highest BCUT2D eigenvalue weighted by Gasteiger charge is 2.39. The quantitative estimate of drug-likeness (QED) is 0.660. The summed E-state index contributed by atoms with van der Waals surface area (Å²) in [6.45, 7) is 0. The Labute approximate surface area is 95.7 Å². The van der Waals surface area contributed by atoms with Gasteiger partial charge in [0.1, 0.15) is 5.25 Å². The first kappa shape index (κ1) is 11.3. The van der Waals surface area contributed by atoms with Crippen molar-refractivity contribution in [3.63, 3.8) is 0 Å². The lowest BCUT2D eigenvalue weighted by Gasteiger charge is -2.25. The van der Waals surface area contributed by atoms with Gasteiger partial charge in [-0.15, -0.1) is 0 Å². The van der Waals surface area contributed by atoms with E-state index in [0.29, 0.717) is 21.9 Å². The van der Waals surface area contributed by atoms with Gasteiger partial charge >= 0.3 is 0 Å². The molecule has 84 valence electrons. The second-order valence-corrected chi connectivity index (χ2v) is 7.19. The maximum absolute atomic E-state index is 11.8. The van der Waals surface area contributed by atoms with Crippen molar-refractivity contribution in [3.8, 4) is 0 Å². The highest BCUT2D eigenvalue weighted by Crippen LogP contribution is 2.29. The van der Waals surface area contributed by atoms with Crippen LogP contribution in [0.3, 0.4) is 0 Å². The van der Waals surface area contributed by atoms with Crippen LogP contribution in [0.25, 0.3) is 0 Å². The van der Waals surface area contributed by atoms with Gasteiger partial charge in [0.25, 0.3) is 0 Å². The van der Waals surface area contributed by atoms with Crippen LogP contribution in [-0.2, 0) is 15.7 Å². The van der Waals surface area contributed by atoms with Gasteiger partial charge in [0, 0.05) is 6.42 Å². The number of ketones is 1. The predicted octanol–water partition coefficient (Wildman–Crippen LogP) is 2.85. The first-order valence-electron chi connectivity index (χ1n) is 6.13. The zero-order chi connectivity index (χ0) is 10.7. The van der Waals surface area contributed by atoms with Crippen LogP contribution < -0.4 is 0 Å². The Hall–Kier alpha value is -0.240. The Bertz CT molecular complexity index is 253. The molecule has 0 aromatic rings. The third-order valence-electron chi connectivity index (χ3n) is 3.72. The van der Waals surface area contributed by atoms with Gasteiger partial charge in [-0.3, -0.25) is 4.79 Å². The van der Waals surface area contributed by atoms with E-state index in [0.717, 1.165) is 18.1 Å². The van der Waals surface area contributed by atoms with E-state index in [1.807, 2.05) is 12.2 Å². The molecule has 2 unspecified atom stereocenters. The molecule has 0 aromatic heterocycles. The molecule has 2 heteroatoms. The minimum Gasteiger partial charge on any atom is -0.289 e. The Balaban J connectivity index is 1.96. The van der Waals surface area contributed by atoms with Crippen LogP contribution in [0, 0.1) is 0 Å². The van der Waals surface area contributed by atoms with E-state index >= 15 is 0 Å². The molecule has 0 bridgehead atoms. The van der Waals surface area contributed by atoms with Crippen LogP contribution in [-0.4, -0.2) is 22.5 Å². The third-order valence-corrected chi connectivity index (χ3v) is 6.61. The fourth-order valence-corrected chi connectivity index (χ4v) is 5.23. The Morgan fingerprint density at radius 3 is 2.60 bits per heavy atom. The minimum absolute atomic E-state index is 0.326. The lowest BCUT2D eigenvalue weighted by molar-refractivity contribution is -0.114. The SMILES string of the molecule is C[S+](C1CCCCC1)C1CCC=CC1=O. The van der Waals surface area contributed by atoms with E-state index in [1.54, 1.807) is 0 Å². The molecule has 0 N–H and O–H groups in total. The number of hydrogen-bond acceptors (Lipinski definition) is 1. The molecule has 2 rings (SSSR count). The lowest BCUT2D eigenvalue weighted by atomic mass is 10.0. The average molecular weight is 225 g/mol. The van der Waals surface area contributed by atoms with Crippen molar-refractivity contribution in [2.24, 2.45) is 0 Å². The molecule has 1 fully saturated rings. The fraction of sp³-hybridized carbons (Fsp3) is 0.769. The Kier molecular flexibility index (Phi) is 3.90. The number of allylic oxidation sites excluding steroid dienone is 2. The number of rotatable bonds is 2. The molecule has 1 nitrogen and oxygen atoms in total. The monoisotopic (exact) mass is 225 g/mol. The fourth-order valence-electron chi connectivity index (χ4n) is 2.74. The molecule has 2 atom stereocenters. The molecule has 2 aliphatic rings. The van der Waals surface area contributed by atoms with Crippen molar-refractivity contribution >= 4 is 16.7 Å². The molecule has 0 spiro atoms. The third kappa shape index (κ3) is 2.66. The lowest BCUT2D eigenvalue weighted by Crippen LogP contribution is -2.38. The summed E-state index contributed by atoms with van der Waals surface area (Å²) in [5, 5.41) is 1.21. The Morgan fingerprint density at radius 2 is 1.93 bits per heavy atom. The molecule has 0 heterocycles. The maximum Gasteiger partial charge on any atom is 0.207 e. The largest absolute Gasteiger partial charge is 0.289 e. The molecule has 1 saturated carbocycles. The minimum atomic E-state index is 0.326. The molecule has 0 radical (unpaired) electrons. The van der Waals surface area contributed by atoms with Crippen molar-refractivity contribution in [2.45, 2.75) is 55.4 Å². The normalized spacial score (nSPS) is 30.5. The second kappa shape index (κ2) is 5.20. The standard InChI is InChI=1S/C13H21OS/c1-15(11-7-3-2-4-8-11)13-10-6-5-9-12(13)14/h5,9,11,13H,2-4,6-8,10H2,1H3/q+1. The van der Waals surface area contributed by atoms with Crippen LogP contribution in [0.5, 0.6) is 0 Å². The van der Waals surface area contributed by atoms with Gasteiger partial charge in [0.05, 0.1) is 6.26 Å². The second-order valence-electron chi connectivity index (χ2n) is 4.74. The number of carbonyl (C=O) groups excluding carboxylic acids is 1. The summed E-state index contributed by atoms with van der Waals surface area (Å²) in [4.78, 5) is 11.8. The highest BCUT2D eigenvalue weighted by molar-refractivity contribution is 7.98. The van der Waals surface area contributed by atoms with Crippen molar-refractivity contribution in [1.82, 2.24) is 0 Å². The summed E-state index contributed by atoms with van der Waals surface area (Å²) in [6.07, 6.45) is 15.3. The molecule has 0 amide bonds. The van der Waals surface area contributed by atoms with Gasteiger partial charge in [-0.05, 0) is 49.1 Å². The summed E-state index contributed by atoms with van der Waals surface area (Å²) in [5.74, 6) is 0.401. The van der Waals surface area contributed by atoms with E-state index in [2.05, 4.69) is 6.26 Å². The summed E-state index contributed by atoms with van der Waals surface area (Å²) in [6, 6.07) is 0. The van der Waals surface area contributed by atoms with Gasteiger partial charge in [0.15, 0.2) is 5.25 Å². The zero-order valence-electron chi connectivity index (χ0n) is 9.58. The summed E-state index contributed by atoms with van der Waals surface area (Å²) in [7, 11) is 0.326. The van der Waals surface area contributed by atoms with Gasteiger partial charge in [-0.1, -0.05) is 12.5 Å². The Morgan fingerprint density at radius 1 is 1.20 bits per heavy atom. The van der Waals surface area contributed by atoms with Crippen molar-refractivity contribution < 1.29 is 4.79 Å². The van der Waals surface area contributed by atoms with Crippen molar-refractivity contribution in [2.75, 3.05) is 6.26 Å². The van der Waals surface area contributed by atoms with Crippen LogP contribution in [0.15, 0.2) is 12.2 Å².